The number of aryl methyl sites for hydroxylation is 1. The highest BCUT2D eigenvalue weighted by molar-refractivity contribution is 5.97. The van der Waals surface area contributed by atoms with E-state index >= 15 is 0 Å². The standard InChI is InChI=1S/C24H20N4O4/c1-14-26-21(11-22(29)28(14)13-16-3-2-4-18(9-16)24(31)32)19-8-5-15(12-25)10-20(19)27-23(30)17-6-7-17/h2-5,8-11,17H,6-7,13H2,1H3,(H,27,30)(H,31,32). The molecule has 1 amide bonds. The molecule has 3 aromatic rings. The Morgan fingerprint density at radius 1 is 1.22 bits per heavy atom. The smallest absolute Gasteiger partial charge is 0.335 e. The van der Waals surface area contributed by atoms with Gasteiger partial charge in [0.1, 0.15) is 5.82 Å². The first-order valence-corrected chi connectivity index (χ1v) is 10.1. The molecule has 0 unspecified atom stereocenters. The third-order valence-corrected chi connectivity index (χ3v) is 5.34. The number of benzene rings is 2. The number of nitrogens with zero attached hydrogens (tertiary/aromatic N) is 3. The van der Waals surface area contributed by atoms with E-state index in [9.17, 15) is 24.8 Å². The summed E-state index contributed by atoms with van der Waals surface area (Å²) in [5.74, 6) is -0.717. The summed E-state index contributed by atoms with van der Waals surface area (Å²) >= 11 is 0. The Labute approximate surface area is 183 Å². The lowest BCUT2D eigenvalue weighted by atomic mass is 10.1. The third-order valence-electron chi connectivity index (χ3n) is 5.34. The number of hydrogen-bond acceptors (Lipinski definition) is 5. The third kappa shape index (κ3) is 4.42. The van der Waals surface area contributed by atoms with Gasteiger partial charge in [-0.25, -0.2) is 9.78 Å². The Morgan fingerprint density at radius 3 is 2.66 bits per heavy atom. The maximum atomic E-state index is 12.9. The van der Waals surface area contributed by atoms with Crippen molar-refractivity contribution in [3.05, 3.63) is 81.4 Å². The number of carbonyl (C=O) groups excluding carboxylic acids is 1. The van der Waals surface area contributed by atoms with Crippen molar-refractivity contribution >= 4 is 17.6 Å². The van der Waals surface area contributed by atoms with E-state index in [0.29, 0.717) is 33.9 Å². The highest BCUT2D eigenvalue weighted by atomic mass is 16.4. The first-order chi connectivity index (χ1) is 15.4. The van der Waals surface area contributed by atoms with Crippen molar-refractivity contribution in [1.82, 2.24) is 9.55 Å². The summed E-state index contributed by atoms with van der Waals surface area (Å²) < 4.78 is 1.45. The molecule has 160 valence electrons. The second-order valence-corrected chi connectivity index (χ2v) is 7.75. The van der Waals surface area contributed by atoms with E-state index in [1.807, 2.05) is 0 Å². The van der Waals surface area contributed by atoms with Crippen molar-refractivity contribution in [1.29, 1.82) is 5.26 Å². The van der Waals surface area contributed by atoms with Crippen LogP contribution in [-0.4, -0.2) is 26.5 Å². The van der Waals surface area contributed by atoms with Gasteiger partial charge in [0.25, 0.3) is 5.56 Å². The molecule has 8 heteroatoms. The number of anilines is 1. The zero-order valence-corrected chi connectivity index (χ0v) is 17.3. The molecule has 8 nitrogen and oxygen atoms in total. The number of carboxylic acids is 1. The molecule has 0 spiro atoms. The second-order valence-electron chi connectivity index (χ2n) is 7.75. The van der Waals surface area contributed by atoms with Gasteiger partial charge in [-0.2, -0.15) is 5.26 Å². The molecule has 1 aromatic heterocycles. The minimum Gasteiger partial charge on any atom is -0.478 e. The van der Waals surface area contributed by atoms with Gasteiger partial charge >= 0.3 is 5.97 Å². The molecule has 1 saturated carbocycles. The Kier molecular flexibility index (Phi) is 5.56. The topological polar surface area (TPSA) is 125 Å². The predicted molar refractivity (Wildman–Crippen MR) is 117 cm³/mol. The molecule has 1 aliphatic carbocycles. The number of carboxylic acid groups (broad SMARTS) is 1. The van der Waals surface area contributed by atoms with Crippen LogP contribution in [0.1, 0.15) is 40.2 Å². The lowest BCUT2D eigenvalue weighted by Gasteiger charge is -2.14. The Balaban J connectivity index is 1.70. The average molecular weight is 428 g/mol. The van der Waals surface area contributed by atoms with Crippen LogP contribution in [0, 0.1) is 24.2 Å². The van der Waals surface area contributed by atoms with Crippen molar-refractivity contribution in [3.63, 3.8) is 0 Å². The monoisotopic (exact) mass is 428 g/mol. The van der Waals surface area contributed by atoms with E-state index < -0.39 is 5.97 Å². The van der Waals surface area contributed by atoms with Crippen LogP contribution < -0.4 is 10.9 Å². The lowest BCUT2D eigenvalue weighted by Crippen LogP contribution is -2.24. The molecule has 32 heavy (non-hydrogen) atoms. The molecule has 1 fully saturated rings. The van der Waals surface area contributed by atoms with Crippen LogP contribution in [-0.2, 0) is 11.3 Å². The van der Waals surface area contributed by atoms with Gasteiger partial charge in [0, 0.05) is 17.5 Å². The van der Waals surface area contributed by atoms with Crippen LogP contribution in [0.3, 0.4) is 0 Å². The Hall–Kier alpha value is -4.25. The highest BCUT2D eigenvalue weighted by Crippen LogP contribution is 2.33. The highest BCUT2D eigenvalue weighted by Gasteiger charge is 2.30. The minimum atomic E-state index is -1.04. The first kappa shape index (κ1) is 21.0. The fraction of sp³-hybridized carbons (Fsp3) is 0.208. The van der Waals surface area contributed by atoms with Crippen molar-refractivity contribution in [2.24, 2.45) is 5.92 Å². The summed E-state index contributed by atoms with van der Waals surface area (Å²) in [7, 11) is 0. The summed E-state index contributed by atoms with van der Waals surface area (Å²) in [5.41, 5.74) is 2.28. The summed E-state index contributed by atoms with van der Waals surface area (Å²) in [6.45, 7) is 1.87. The van der Waals surface area contributed by atoms with Gasteiger partial charge < -0.3 is 10.4 Å². The van der Waals surface area contributed by atoms with E-state index in [1.165, 1.54) is 22.8 Å². The van der Waals surface area contributed by atoms with E-state index in [4.69, 9.17) is 0 Å². The van der Waals surface area contributed by atoms with Gasteiger partial charge in [-0.05, 0) is 55.7 Å². The lowest BCUT2D eigenvalue weighted by molar-refractivity contribution is -0.117. The van der Waals surface area contributed by atoms with Crippen LogP contribution >= 0.6 is 0 Å². The molecule has 1 heterocycles. The number of hydrogen-bond donors (Lipinski definition) is 2. The van der Waals surface area contributed by atoms with E-state index in [-0.39, 0.29) is 29.5 Å². The fourth-order valence-corrected chi connectivity index (χ4v) is 3.46. The molecule has 0 saturated heterocycles. The van der Waals surface area contributed by atoms with E-state index in [1.54, 1.807) is 37.3 Å². The van der Waals surface area contributed by atoms with Crippen LogP contribution in [0.2, 0.25) is 0 Å². The number of amides is 1. The van der Waals surface area contributed by atoms with Crippen LogP contribution in [0.5, 0.6) is 0 Å². The predicted octanol–water partition coefficient (Wildman–Crippen LogP) is 3.19. The van der Waals surface area contributed by atoms with Gasteiger partial charge in [0.05, 0.1) is 35.1 Å². The fourth-order valence-electron chi connectivity index (χ4n) is 3.46. The molecular formula is C24H20N4O4. The number of nitriles is 1. The number of nitrogens with one attached hydrogen (secondary N) is 1. The quantitative estimate of drug-likeness (QED) is 0.621. The summed E-state index contributed by atoms with van der Waals surface area (Å²) in [6, 6.07) is 14.7. The van der Waals surface area contributed by atoms with Gasteiger partial charge in [-0.1, -0.05) is 12.1 Å². The summed E-state index contributed by atoms with van der Waals surface area (Å²) in [4.78, 5) is 41.0. The molecule has 2 aromatic carbocycles. The number of carbonyl (C=O) groups is 2. The zero-order valence-electron chi connectivity index (χ0n) is 17.3. The molecule has 0 bridgehead atoms. The zero-order chi connectivity index (χ0) is 22.8. The molecule has 2 N–H and O–H groups in total. The van der Waals surface area contributed by atoms with Crippen molar-refractivity contribution < 1.29 is 14.7 Å². The van der Waals surface area contributed by atoms with Crippen LogP contribution in [0.15, 0.2) is 53.3 Å². The normalized spacial score (nSPS) is 12.8. The SMILES string of the molecule is Cc1nc(-c2ccc(C#N)cc2NC(=O)C2CC2)cc(=O)n1Cc1cccc(C(=O)O)c1. The molecular weight excluding hydrogens is 408 g/mol. The van der Waals surface area contributed by atoms with Gasteiger partial charge in [0.2, 0.25) is 5.91 Å². The number of aromatic carboxylic acids is 1. The maximum absolute atomic E-state index is 12.9. The molecule has 0 radical (unpaired) electrons. The van der Waals surface area contributed by atoms with Crippen LogP contribution in [0.25, 0.3) is 11.3 Å². The minimum absolute atomic E-state index is 0.0159. The summed E-state index contributed by atoms with van der Waals surface area (Å²) in [5, 5.41) is 21.3. The maximum Gasteiger partial charge on any atom is 0.335 e. The van der Waals surface area contributed by atoms with Gasteiger partial charge in [-0.15, -0.1) is 0 Å². The largest absolute Gasteiger partial charge is 0.478 e. The van der Waals surface area contributed by atoms with Gasteiger partial charge in [-0.3, -0.25) is 14.2 Å². The Bertz CT molecular complexity index is 1330. The Morgan fingerprint density at radius 2 is 2.00 bits per heavy atom. The van der Waals surface area contributed by atoms with E-state index in [2.05, 4.69) is 16.4 Å². The number of rotatable bonds is 6. The van der Waals surface area contributed by atoms with Crippen LogP contribution in [0.4, 0.5) is 5.69 Å². The molecule has 1 aliphatic rings. The molecule has 4 rings (SSSR count). The van der Waals surface area contributed by atoms with Crippen molar-refractivity contribution in [2.45, 2.75) is 26.3 Å². The first-order valence-electron chi connectivity index (χ1n) is 10.1. The summed E-state index contributed by atoms with van der Waals surface area (Å²) in [6.07, 6.45) is 1.69. The van der Waals surface area contributed by atoms with Gasteiger partial charge in [0.15, 0.2) is 0 Å². The number of aromatic nitrogens is 2. The molecule has 0 atom stereocenters. The molecule has 0 aliphatic heterocycles. The van der Waals surface area contributed by atoms with Crippen molar-refractivity contribution in [2.75, 3.05) is 5.32 Å². The second kappa shape index (κ2) is 8.47. The van der Waals surface area contributed by atoms with E-state index in [0.717, 1.165) is 12.8 Å². The van der Waals surface area contributed by atoms with Crippen molar-refractivity contribution in [3.8, 4) is 17.3 Å². The average Bonchev–Trinajstić information content (AvgIpc) is 3.62.